The van der Waals surface area contributed by atoms with Crippen molar-refractivity contribution in [2.75, 3.05) is 39.4 Å². The third-order valence-electron chi connectivity index (χ3n) is 2.68. The molecular formula is C16H32N2O6. The van der Waals surface area contributed by atoms with Crippen LogP contribution in [0.1, 0.15) is 41.5 Å². The quantitative estimate of drug-likeness (QED) is 0.722. The number of rotatable bonds is 7. The summed E-state index contributed by atoms with van der Waals surface area (Å²) in [5.74, 6) is 0. The number of amides is 2. The molecule has 0 bridgehead atoms. The molecule has 0 aliphatic carbocycles. The predicted molar refractivity (Wildman–Crippen MR) is 89.8 cm³/mol. The molecule has 8 heteroatoms. The fourth-order valence-corrected chi connectivity index (χ4v) is 1.72. The van der Waals surface area contributed by atoms with E-state index < -0.39 is 23.4 Å². The number of aliphatic hydroxyl groups excluding tert-OH is 2. The first kappa shape index (κ1) is 22.5. The molecule has 142 valence electrons. The van der Waals surface area contributed by atoms with E-state index in [1.54, 1.807) is 41.5 Å². The number of hydrogen-bond donors (Lipinski definition) is 2. The zero-order chi connectivity index (χ0) is 19.0. The Morgan fingerprint density at radius 3 is 1.21 bits per heavy atom. The number of hydrogen-bond acceptors (Lipinski definition) is 6. The minimum absolute atomic E-state index is 0.0934. The van der Waals surface area contributed by atoms with Gasteiger partial charge in [-0.1, -0.05) is 0 Å². The lowest BCUT2D eigenvalue weighted by Crippen LogP contribution is -2.46. The van der Waals surface area contributed by atoms with Gasteiger partial charge in [-0.2, -0.15) is 0 Å². The van der Waals surface area contributed by atoms with Gasteiger partial charge in [-0.15, -0.1) is 0 Å². The minimum Gasteiger partial charge on any atom is -0.444 e. The maximum absolute atomic E-state index is 12.1. The Morgan fingerprint density at radius 2 is 1.00 bits per heavy atom. The Hall–Kier alpha value is -1.54. The van der Waals surface area contributed by atoms with Crippen molar-refractivity contribution in [2.24, 2.45) is 0 Å². The van der Waals surface area contributed by atoms with Gasteiger partial charge in [-0.25, -0.2) is 9.59 Å². The van der Waals surface area contributed by atoms with Crippen molar-refractivity contribution in [2.45, 2.75) is 52.7 Å². The first-order valence-corrected chi connectivity index (χ1v) is 8.07. The van der Waals surface area contributed by atoms with Crippen LogP contribution in [-0.4, -0.2) is 82.8 Å². The second-order valence-electron chi connectivity index (χ2n) is 7.38. The van der Waals surface area contributed by atoms with E-state index >= 15 is 0 Å². The van der Waals surface area contributed by atoms with Gasteiger partial charge in [0.1, 0.15) is 11.2 Å². The van der Waals surface area contributed by atoms with Crippen LogP contribution >= 0.6 is 0 Å². The molecular weight excluding hydrogens is 316 g/mol. The van der Waals surface area contributed by atoms with E-state index in [4.69, 9.17) is 19.7 Å². The lowest BCUT2D eigenvalue weighted by Gasteiger charge is -2.30. The zero-order valence-electron chi connectivity index (χ0n) is 15.7. The van der Waals surface area contributed by atoms with Crippen molar-refractivity contribution < 1.29 is 29.3 Å². The van der Waals surface area contributed by atoms with Crippen LogP contribution in [0, 0.1) is 0 Å². The molecule has 0 rings (SSSR count). The van der Waals surface area contributed by atoms with Crippen LogP contribution in [-0.2, 0) is 9.47 Å². The fourth-order valence-electron chi connectivity index (χ4n) is 1.72. The molecule has 0 unspecified atom stereocenters. The molecule has 0 spiro atoms. The summed E-state index contributed by atoms with van der Waals surface area (Å²) in [5, 5.41) is 18.2. The van der Waals surface area contributed by atoms with Gasteiger partial charge in [0.25, 0.3) is 0 Å². The molecule has 0 aliphatic rings. The number of ether oxygens (including phenoxy) is 2. The molecule has 0 aliphatic heterocycles. The maximum Gasteiger partial charge on any atom is 0.410 e. The van der Waals surface area contributed by atoms with Crippen LogP contribution in [0.15, 0.2) is 0 Å². The minimum atomic E-state index is -0.652. The van der Waals surface area contributed by atoms with Crippen molar-refractivity contribution >= 4 is 12.2 Å². The van der Waals surface area contributed by atoms with Crippen LogP contribution in [0.3, 0.4) is 0 Å². The van der Waals surface area contributed by atoms with E-state index in [9.17, 15) is 9.59 Å². The summed E-state index contributed by atoms with van der Waals surface area (Å²) >= 11 is 0. The highest BCUT2D eigenvalue weighted by molar-refractivity contribution is 5.69. The standard InChI is InChI=1S/C16H32N2O6/c1-15(2,3)23-13(21)17(9-11-19)7-8-18(10-12-20)14(22)24-16(4,5)6/h19-20H,7-12H2,1-6H3. The summed E-state index contributed by atoms with van der Waals surface area (Å²) in [5.41, 5.74) is -1.30. The Morgan fingerprint density at radius 1 is 0.708 bits per heavy atom. The van der Waals surface area contributed by atoms with Gasteiger partial charge in [0.15, 0.2) is 0 Å². The van der Waals surface area contributed by atoms with Crippen molar-refractivity contribution in [3.05, 3.63) is 0 Å². The highest BCUT2D eigenvalue weighted by Gasteiger charge is 2.25. The average molecular weight is 348 g/mol. The lowest BCUT2D eigenvalue weighted by atomic mass is 10.2. The van der Waals surface area contributed by atoms with E-state index in [1.165, 1.54) is 9.80 Å². The molecule has 0 heterocycles. The van der Waals surface area contributed by atoms with Gasteiger partial charge in [-0.05, 0) is 41.5 Å². The molecule has 0 saturated heterocycles. The molecule has 0 radical (unpaired) electrons. The topological polar surface area (TPSA) is 99.5 Å². The molecule has 0 saturated carbocycles. The average Bonchev–Trinajstić information content (AvgIpc) is 2.37. The van der Waals surface area contributed by atoms with Crippen LogP contribution in [0.25, 0.3) is 0 Å². The number of carbonyl (C=O) groups excluding carboxylic acids is 2. The predicted octanol–water partition coefficient (Wildman–Crippen LogP) is 1.45. The van der Waals surface area contributed by atoms with Crippen molar-refractivity contribution in [3.63, 3.8) is 0 Å². The van der Waals surface area contributed by atoms with Gasteiger partial charge >= 0.3 is 12.2 Å². The third kappa shape index (κ3) is 10.3. The summed E-state index contributed by atoms with van der Waals surface area (Å²) in [7, 11) is 0. The normalized spacial score (nSPS) is 11.8. The maximum atomic E-state index is 12.1. The van der Waals surface area contributed by atoms with Crippen LogP contribution in [0.5, 0.6) is 0 Å². The molecule has 0 fully saturated rings. The SMILES string of the molecule is CC(C)(C)OC(=O)N(CCO)CCN(CCO)C(=O)OC(C)(C)C. The molecule has 0 atom stereocenters. The van der Waals surface area contributed by atoms with Gasteiger partial charge in [0.05, 0.1) is 13.2 Å². The van der Waals surface area contributed by atoms with E-state index in [2.05, 4.69) is 0 Å². The first-order chi connectivity index (χ1) is 10.9. The highest BCUT2D eigenvalue weighted by atomic mass is 16.6. The molecule has 24 heavy (non-hydrogen) atoms. The summed E-state index contributed by atoms with van der Waals surface area (Å²) in [4.78, 5) is 26.9. The highest BCUT2D eigenvalue weighted by Crippen LogP contribution is 2.12. The zero-order valence-corrected chi connectivity index (χ0v) is 15.7. The number of aliphatic hydroxyl groups is 2. The first-order valence-electron chi connectivity index (χ1n) is 8.07. The van der Waals surface area contributed by atoms with E-state index in [-0.39, 0.29) is 39.4 Å². The fraction of sp³-hybridized carbons (Fsp3) is 0.875. The third-order valence-corrected chi connectivity index (χ3v) is 2.68. The van der Waals surface area contributed by atoms with Gasteiger partial charge in [0.2, 0.25) is 0 Å². The van der Waals surface area contributed by atoms with Gasteiger partial charge in [-0.3, -0.25) is 0 Å². The Labute approximate surface area is 144 Å². The summed E-state index contributed by atoms with van der Waals surface area (Å²) in [6.07, 6.45) is -1.13. The van der Waals surface area contributed by atoms with Crippen molar-refractivity contribution in [1.29, 1.82) is 0 Å². The molecule has 0 aromatic rings. The lowest BCUT2D eigenvalue weighted by molar-refractivity contribution is 0.00982. The van der Waals surface area contributed by atoms with Gasteiger partial charge < -0.3 is 29.5 Å². The van der Waals surface area contributed by atoms with Crippen LogP contribution in [0.4, 0.5) is 9.59 Å². The molecule has 2 amide bonds. The van der Waals surface area contributed by atoms with Crippen molar-refractivity contribution in [3.8, 4) is 0 Å². The largest absolute Gasteiger partial charge is 0.444 e. The Balaban J connectivity index is 4.81. The van der Waals surface area contributed by atoms with E-state index in [0.717, 1.165) is 0 Å². The molecule has 0 aromatic heterocycles. The van der Waals surface area contributed by atoms with E-state index in [1.807, 2.05) is 0 Å². The van der Waals surface area contributed by atoms with E-state index in [0.29, 0.717) is 0 Å². The van der Waals surface area contributed by atoms with Crippen molar-refractivity contribution in [1.82, 2.24) is 9.80 Å². The second kappa shape index (κ2) is 9.68. The summed E-state index contributed by atoms with van der Waals surface area (Å²) in [6, 6.07) is 0. The molecule has 8 nitrogen and oxygen atoms in total. The second-order valence-corrected chi connectivity index (χ2v) is 7.38. The smallest absolute Gasteiger partial charge is 0.410 e. The molecule has 0 aromatic carbocycles. The Bertz CT molecular complexity index is 362. The summed E-state index contributed by atoms with van der Waals surface area (Å²) in [6.45, 7) is 10.6. The number of carbonyl (C=O) groups is 2. The monoisotopic (exact) mass is 348 g/mol. The number of nitrogens with zero attached hydrogens (tertiary/aromatic N) is 2. The Kier molecular flexibility index (Phi) is 9.06. The van der Waals surface area contributed by atoms with Gasteiger partial charge in [0, 0.05) is 26.2 Å². The molecule has 2 N–H and O–H groups in total. The van der Waals surface area contributed by atoms with Crippen LogP contribution < -0.4 is 0 Å². The summed E-state index contributed by atoms with van der Waals surface area (Å²) < 4.78 is 10.6. The van der Waals surface area contributed by atoms with Crippen LogP contribution in [0.2, 0.25) is 0 Å².